The Morgan fingerprint density at radius 1 is 1.15 bits per heavy atom. The molecule has 0 amide bonds. The van der Waals surface area contributed by atoms with E-state index in [1.54, 1.807) is 36.4 Å². The second kappa shape index (κ2) is 8.92. The van der Waals surface area contributed by atoms with Crippen molar-refractivity contribution in [2.75, 3.05) is 10.9 Å². The van der Waals surface area contributed by atoms with Crippen molar-refractivity contribution in [3.05, 3.63) is 76.0 Å². The van der Waals surface area contributed by atoms with Gasteiger partial charge in [-0.15, -0.1) is 0 Å². The normalized spacial score (nSPS) is 14.8. The smallest absolute Gasteiger partial charge is 0.450 e. The first-order chi connectivity index (χ1) is 15.8. The average Bonchev–Trinajstić information content (AvgIpc) is 3.22. The Balaban J connectivity index is 1.78. The van der Waals surface area contributed by atoms with Gasteiger partial charge in [0.2, 0.25) is 0 Å². The van der Waals surface area contributed by atoms with Crippen LogP contribution in [0.3, 0.4) is 0 Å². The highest BCUT2D eigenvalue weighted by molar-refractivity contribution is 9.10. The summed E-state index contributed by atoms with van der Waals surface area (Å²) in [7, 11) is -3.95. The van der Waals surface area contributed by atoms with Crippen molar-refractivity contribution in [1.82, 2.24) is 4.57 Å². The van der Waals surface area contributed by atoms with E-state index in [0.29, 0.717) is 29.9 Å². The first-order valence-electron chi connectivity index (χ1n) is 10.2. The Kier molecular flexibility index (Phi) is 6.19. The molecule has 4 rings (SSSR count). The highest BCUT2D eigenvalue weighted by Crippen LogP contribution is 2.45. The summed E-state index contributed by atoms with van der Waals surface area (Å²) >= 11 is 3.44. The Hall–Kier alpha value is -3.29. The van der Waals surface area contributed by atoms with Crippen LogP contribution in [-0.2, 0) is 21.2 Å². The van der Waals surface area contributed by atoms with Gasteiger partial charge >= 0.3 is 6.16 Å². The van der Waals surface area contributed by atoms with Crippen LogP contribution in [0.5, 0.6) is 0 Å². The number of hydrogen-bond donors (Lipinski definition) is 1. The number of halogens is 1. The molecule has 0 unspecified atom stereocenters. The molecule has 10 heteroatoms. The fraction of sp³-hybridized carbons (Fsp3) is 0.217. The molecule has 0 bridgehead atoms. The highest BCUT2D eigenvalue weighted by Gasteiger charge is 2.39. The van der Waals surface area contributed by atoms with Gasteiger partial charge in [0.05, 0.1) is 28.9 Å². The van der Waals surface area contributed by atoms with E-state index >= 15 is 0 Å². The zero-order valence-electron chi connectivity index (χ0n) is 17.6. The number of anilines is 1. The first kappa shape index (κ1) is 22.9. The lowest BCUT2D eigenvalue weighted by atomic mass is 10.1. The van der Waals surface area contributed by atoms with Gasteiger partial charge in [-0.05, 0) is 54.4 Å². The number of nitriles is 1. The van der Waals surface area contributed by atoms with E-state index < -0.39 is 22.2 Å². The minimum Gasteiger partial charge on any atom is -0.450 e. The topological polar surface area (TPSA) is 113 Å². The number of hydrogen-bond acceptors (Lipinski definition) is 5. The van der Waals surface area contributed by atoms with Crippen molar-refractivity contribution in [2.45, 2.75) is 30.7 Å². The van der Waals surface area contributed by atoms with Crippen LogP contribution in [0.1, 0.15) is 36.3 Å². The highest BCUT2D eigenvalue weighted by atomic mass is 79.9. The summed E-state index contributed by atoms with van der Waals surface area (Å²) in [5.74, 6) is 0. The van der Waals surface area contributed by atoms with E-state index in [1.165, 1.54) is 16.4 Å². The molecule has 2 aromatic carbocycles. The van der Waals surface area contributed by atoms with E-state index in [1.807, 2.05) is 17.6 Å². The molecule has 8 nitrogen and oxygen atoms in total. The molecule has 3 aromatic rings. The third-order valence-corrected chi connectivity index (χ3v) is 7.88. The summed E-state index contributed by atoms with van der Waals surface area (Å²) in [5, 5.41) is 18.2. The minimum absolute atomic E-state index is 0.00885. The van der Waals surface area contributed by atoms with Crippen molar-refractivity contribution >= 4 is 37.8 Å². The third-order valence-electron chi connectivity index (χ3n) is 5.55. The molecular weight excluding hydrogens is 510 g/mol. The van der Waals surface area contributed by atoms with Gasteiger partial charge in [0.1, 0.15) is 11.8 Å². The maximum Gasteiger partial charge on any atom is 0.505 e. The van der Waals surface area contributed by atoms with E-state index in [0.717, 1.165) is 15.7 Å². The van der Waals surface area contributed by atoms with Gasteiger partial charge in [-0.2, -0.15) is 5.26 Å². The average molecular weight is 530 g/mol. The Labute approximate surface area is 199 Å². The summed E-state index contributed by atoms with van der Waals surface area (Å²) in [6.45, 7) is 1.90. The van der Waals surface area contributed by atoms with Gasteiger partial charge < -0.3 is 14.4 Å². The quantitative estimate of drug-likeness (QED) is 0.449. The molecular formula is C23H20BrN3O5S. The zero-order chi connectivity index (χ0) is 23.8. The summed E-state index contributed by atoms with van der Waals surface area (Å²) in [6.07, 6.45) is -0.502. The molecule has 1 aliphatic rings. The van der Waals surface area contributed by atoms with Crippen LogP contribution in [-0.4, -0.2) is 30.9 Å². The molecule has 2 heterocycles. The second-order valence-electron chi connectivity index (χ2n) is 7.46. The van der Waals surface area contributed by atoms with Crippen LogP contribution in [0, 0.1) is 11.3 Å². The number of carbonyl (C=O) groups is 1. The van der Waals surface area contributed by atoms with Crippen molar-refractivity contribution in [3.8, 4) is 11.8 Å². The van der Waals surface area contributed by atoms with Crippen LogP contribution in [0.4, 0.5) is 10.5 Å². The molecule has 170 valence electrons. The number of ether oxygens (including phenoxy) is 1. The summed E-state index contributed by atoms with van der Waals surface area (Å²) in [5.41, 5.74) is 3.03. The SMILES string of the molecule is CC[C@@H]1c2ccc(C#N)n2-c2ccc(Br)cc2N1S(=O)(=O)c1ccc(CCOC(=O)O)cc1. The van der Waals surface area contributed by atoms with Gasteiger partial charge in [-0.25, -0.2) is 13.2 Å². The van der Waals surface area contributed by atoms with Crippen molar-refractivity contribution in [1.29, 1.82) is 5.26 Å². The van der Waals surface area contributed by atoms with Crippen LogP contribution < -0.4 is 4.31 Å². The fourth-order valence-electron chi connectivity index (χ4n) is 4.09. The largest absolute Gasteiger partial charge is 0.505 e. The third kappa shape index (κ3) is 4.10. The van der Waals surface area contributed by atoms with Gasteiger partial charge in [0, 0.05) is 16.6 Å². The molecule has 0 fully saturated rings. The molecule has 1 atom stereocenters. The summed E-state index contributed by atoms with van der Waals surface area (Å²) < 4.78 is 36.2. The molecule has 0 saturated carbocycles. The van der Waals surface area contributed by atoms with Crippen LogP contribution in [0.15, 0.2) is 64.0 Å². The number of nitrogens with zero attached hydrogens (tertiary/aromatic N) is 3. The van der Waals surface area contributed by atoms with Gasteiger partial charge in [0.25, 0.3) is 10.0 Å². The minimum atomic E-state index is -3.95. The van der Waals surface area contributed by atoms with E-state index in [4.69, 9.17) is 5.11 Å². The maximum absolute atomic E-state index is 13.9. The molecule has 0 aliphatic carbocycles. The van der Waals surface area contributed by atoms with Crippen molar-refractivity contribution in [2.24, 2.45) is 0 Å². The lowest BCUT2D eigenvalue weighted by Crippen LogP contribution is -2.39. The van der Waals surface area contributed by atoms with Crippen LogP contribution in [0.2, 0.25) is 0 Å². The fourth-order valence-corrected chi connectivity index (χ4v) is 6.14. The first-order valence-corrected chi connectivity index (χ1v) is 12.4. The Morgan fingerprint density at radius 2 is 1.88 bits per heavy atom. The number of fused-ring (bicyclic) bond motifs is 3. The van der Waals surface area contributed by atoms with Crippen molar-refractivity contribution < 1.29 is 23.1 Å². The molecule has 0 saturated heterocycles. The molecule has 1 N–H and O–H groups in total. The number of carboxylic acid groups (broad SMARTS) is 1. The molecule has 1 aromatic heterocycles. The van der Waals surface area contributed by atoms with E-state index in [9.17, 15) is 18.5 Å². The lowest BCUT2D eigenvalue weighted by molar-refractivity contribution is 0.0927. The monoisotopic (exact) mass is 529 g/mol. The van der Waals surface area contributed by atoms with E-state index in [2.05, 4.69) is 26.7 Å². The predicted octanol–water partition coefficient (Wildman–Crippen LogP) is 5.01. The lowest BCUT2D eigenvalue weighted by Gasteiger charge is -2.38. The molecule has 1 aliphatic heterocycles. The number of sulfonamides is 1. The number of rotatable bonds is 6. The maximum atomic E-state index is 13.9. The van der Waals surface area contributed by atoms with Gasteiger partial charge in [0.15, 0.2) is 0 Å². The van der Waals surface area contributed by atoms with Gasteiger partial charge in [-0.1, -0.05) is 35.0 Å². The summed E-state index contributed by atoms with van der Waals surface area (Å²) in [6, 6.07) is 16.9. The number of benzene rings is 2. The van der Waals surface area contributed by atoms with Gasteiger partial charge in [-0.3, -0.25) is 4.31 Å². The van der Waals surface area contributed by atoms with Crippen molar-refractivity contribution in [3.63, 3.8) is 0 Å². The van der Waals surface area contributed by atoms with E-state index in [-0.39, 0.29) is 11.5 Å². The second-order valence-corrected chi connectivity index (χ2v) is 10.2. The zero-order valence-corrected chi connectivity index (χ0v) is 20.0. The standard InChI is InChI=1S/C23H20BrN3O5S/c1-2-19-20-10-6-17(14-25)26(20)21-9-5-16(24)13-22(21)27(19)33(30,31)18-7-3-15(4-8-18)11-12-32-23(28)29/h3-10,13,19H,2,11-12H2,1H3,(H,28,29)/t19-/m1/s1. The Bertz CT molecular complexity index is 1360. The predicted molar refractivity (Wildman–Crippen MR) is 125 cm³/mol. The molecule has 0 spiro atoms. The Morgan fingerprint density at radius 3 is 2.52 bits per heavy atom. The molecule has 33 heavy (non-hydrogen) atoms. The molecule has 0 radical (unpaired) electrons. The van der Waals surface area contributed by atoms with Crippen LogP contribution in [0.25, 0.3) is 5.69 Å². The number of aromatic nitrogens is 1. The van der Waals surface area contributed by atoms with Crippen LogP contribution >= 0.6 is 15.9 Å². The summed E-state index contributed by atoms with van der Waals surface area (Å²) in [4.78, 5) is 10.6.